The molecule has 0 spiro atoms. The van der Waals surface area contributed by atoms with E-state index in [4.69, 9.17) is 0 Å². The second-order valence-corrected chi connectivity index (χ2v) is 2.90. The van der Waals surface area contributed by atoms with Crippen molar-refractivity contribution in [2.45, 2.75) is 12.6 Å². The monoisotopic (exact) mass is 237 g/mol. The molecule has 0 fully saturated rings. The fourth-order valence-electron chi connectivity index (χ4n) is 0.881. The molecular weight excluding hydrogens is 227 g/mol. The SMILES string of the molecule is O=C(CCOCC(F)(F)F)Nc1ncc[nH]1. The number of carbonyl (C=O) groups excluding carboxylic acids is 1. The van der Waals surface area contributed by atoms with Gasteiger partial charge in [-0.1, -0.05) is 0 Å². The Morgan fingerprint density at radius 1 is 1.56 bits per heavy atom. The van der Waals surface area contributed by atoms with Crippen LogP contribution in [0.2, 0.25) is 0 Å². The summed E-state index contributed by atoms with van der Waals surface area (Å²) in [6.07, 6.45) is -1.57. The van der Waals surface area contributed by atoms with Gasteiger partial charge in [0.1, 0.15) is 6.61 Å². The number of carbonyl (C=O) groups is 1. The van der Waals surface area contributed by atoms with Crippen molar-refractivity contribution in [3.63, 3.8) is 0 Å². The van der Waals surface area contributed by atoms with Crippen molar-refractivity contribution >= 4 is 11.9 Å². The van der Waals surface area contributed by atoms with Gasteiger partial charge in [0, 0.05) is 12.4 Å². The minimum absolute atomic E-state index is 0.156. The van der Waals surface area contributed by atoms with Crippen LogP contribution in [-0.4, -0.2) is 35.3 Å². The highest BCUT2D eigenvalue weighted by Crippen LogP contribution is 2.14. The summed E-state index contributed by atoms with van der Waals surface area (Å²) in [5.74, 6) is -0.210. The van der Waals surface area contributed by atoms with E-state index in [-0.39, 0.29) is 19.0 Å². The molecule has 90 valence electrons. The number of halogens is 3. The lowest BCUT2D eigenvalue weighted by atomic mass is 10.4. The molecule has 0 aliphatic heterocycles. The zero-order valence-electron chi connectivity index (χ0n) is 8.17. The Morgan fingerprint density at radius 2 is 2.31 bits per heavy atom. The number of aromatic amines is 1. The first-order valence-electron chi connectivity index (χ1n) is 4.41. The first-order valence-corrected chi connectivity index (χ1v) is 4.41. The molecule has 0 atom stereocenters. The summed E-state index contributed by atoms with van der Waals surface area (Å²) in [6.45, 7) is -1.63. The largest absolute Gasteiger partial charge is 0.411 e. The standard InChI is InChI=1S/C8H10F3N3O2/c9-8(10,11)5-16-4-1-6(15)14-7-12-2-3-13-7/h2-3H,1,4-5H2,(H2,12,13,14,15). The van der Waals surface area contributed by atoms with Crippen LogP contribution >= 0.6 is 0 Å². The summed E-state index contributed by atoms with van der Waals surface area (Å²) in [6, 6.07) is 0. The van der Waals surface area contributed by atoms with Gasteiger partial charge in [0.15, 0.2) is 0 Å². The molecule has 0 bridgehead atoms. The lowest BCUT2D eigenvalue weighted by Crippen LogP contribution is -2.20. The Bertz CT molecular complexity index is 324. The van der Waals surface area contributed by atoms with Crippen LogP contribution in [0.4, 0.5) is 19.1 Å². The Morgan fingerprint density at radius 3 is 2.88 bits per heavy atom. The van der Waals surface area contributed by atoms with E-state index in [0.29, 0.717) is 0 Å². The van der Waals surface area contributed by atoms with Crippen molar-refractivity contribution in [1.82, 2.24) is 9.97 Å². The zero-order chi connectivity index (χ0) is 12.0. The number of hydrogen-bond acceptors (Lipinski definition) is 3. The number of ether oxygens (including phenoxy) is 1. The van der Waals surface area contributed by atoms with Gasteiger partial charge in [-0.2, -0.15) is 13.2 Å². The Labute approximate surface area is 89.0 Å². The highest BCUT2D eigenvalue weighted by molar-refractivity contribution is 5.88. The zero-order valence-corrected chi connectivity index (χ0v) is 8.17. The molecule has 1 amide bonds. The number of anilines is 1. The fraction of sp³-hybridized carbons (Fsp3) is 0.500. The molecule has 1 rings (SSSR count). The van der Waals surface area contributed by atoms with Crippen molar-refractivity contribution in [3.8, 4) is 0 Å². The molecule has 0 aliphatic carbocycles. The molecule has 2 N–H and O–H groups in total. The van der Waals surface area contributed by atoms with Gasteiger partial charge in [0.05, 0.1) is 13.0 Å². The summed E-state index contributed by atoms with van der Waals surface area (Å²) in [5, 5.41) is 2.35. The summed E-state index contributed by atoms with van der Waals surface area (Å²) in [7, 11) is 0. The van der Waals surface area contributed by atoms with E-state index in [1.807, 2.05) is 0 Å². The lowest BCUT2D eigenvalue weighted by Gasteiger charge is -2.07. The molecule has 8 heteroatoms. The third-order valence-corrected chi connectivity index (χ3v) is 1.50. The number of rotatable bonds is 5. The van der Waals surface area contributed by atoms with E-state index in [2.05, 4.69) is 20.0 Å². The number of H-pyrrole nitrogens is 1. The molecule has 1 aromatic heterocycles. The van der Waals surface area contributed by atoms with Gasteiger partial charge < -0.3 is 9.72 Å². The average Bonchev–Trinajstić information content (AvgIpc) is 2.63. The van der Waals surface area contributed by atoms with E-state index >= 15 is 0 Å². The van der Waals surface area contributed by atoms with Gasteiger partial charge in [-0.3, -0.25) is 10.1 Å². The maximum absolute atomic E-state index is 11.6. The first kappa shape index (κ1) is 12.5. The third-order valence-electron chi connectivity index (χ3n) is 1.50. The van der Waals surface area contributed by atoms with E-state index in [1.54, 1.807) is 0 Å². The number of imidazole rings is 1. The van der Waals surface area contributed by atoms with Crippen LogP contribution in [0.5, 0.6) is 0 Å². The minimum atomic E-state index is -4.36. The van der Waals surface area contributed by atoms with Crippen molar-refractivity contribution in [1.29, 1.82) is 0 Å². The van der Waals surface area contributed by atoms with Crippen LogP contribution in [0.25, 0.3) is 0 Å². The summed E-state index contributed by atoms with van der Waals surface area (Å²) < 4.78 is 39.2. The molecule has 16 heavy (non-hydrogen) atoms. The number of nitrogens with one attached hydrogen (secondary N) is 2. The van der Waals surface area contributed by atoms with E-state index < -0.39 is 18.7 Å². The molecule has 5 nitrogen and oxygen atoms in total. The average molecular weight is 237 g/mol. The second-order valence-electron chi connectivity index (χ2n) is 2.90. The molecule has 0 saturated heterocycles. The molecule has 1 aromatic rings. The maximum atomic E-state index is 11.6. The number of amides is 1. The van der Waals surface area contributed by atoms with E-state index in [0.717, 1.165) is 0 Å². The van der Waals surface area contributed by atoms with Gasteiger partial charge in [-0.25, -0.2) is 4.98 Å². The van der Waals surface area contributed by atoms with E-state index in [9.17, 15) is 18.0 Å². The van der Waals surface area contributed by atoms with Crippen molar-refractivity contribution in [2.24, 2.45) is 0 Å². The van der Waals surface area contributed by atoms with Crippen molar-refractivity contribution < 1.29 is 22.7 Å². The molecule has 0 aromatic carbocycles. The van der Waals surface area contributed by atoms with Gasteiger partial charge in [-0.05, 0) is 0 Å². The Hall–Kier alpha value is -1.57. The van der Waals surface area contributed by atoms with Crippen LogP contribution in [-0.2, 0) is 9.53 Å². The maximum Gasteiger partial charge on any atom is 0.411 e. The Balaban J connectivity index is 2.12. The van der Waals surface area contributed by atoms with Gasteiger partial charge in [0.2, 0.25) is 11.9 Å². The summed E-state index contributed by atoms with van der Waals surface area (Å²) >= 11 is 0. The van der Waals surface area contributed by atoms with Crippen LogP contribution in [0.15, 0.2) is 12.4 Å². The molecule has 1 heterocycles. The predicted octanol–water partition coefficient (Wildman–Crippen LogP) is 1.32. The number of alkyl halides is 3. The van der Waals surface area contributed by atoms with Gasteiger partial charge in [-0.15, -0.1) is 0 Å². The normalized spacial score (nSPS) is 11.4. The predicted molar refractivity (Wildman–Crippen MR) is 48.7 cm³/mol. The van der Waals surface area contributed by atoms with Crippen LogP contribution in [0.1, 0.15) is 6.42 Å². The fourth-order valence-corrected chi connectivity index (χ4v) is 0.881. The minimum Gasteiger partial charge on any atom is -0.372 e. The van der Waals surface area contributed by atoms with Crippen LogP contribution < -0.4 is 5.32 Å². The molecular formula is C8H10F3N3O2. The molecule has 0 aliphatic rings. The van der Waals surface area contributed by atoms with Crippen molar-refractivity contribution in [3.05, 3.63) is 12.4 Å². The molecule has 0 saturated carbocycles. The van der Waals surface area contributed by atoms with Gasteiger partial charge >= 0.3 is 6.18 Å². The highest BCUT2D eigenvalue weighted by atomic mass is 19.4. The lowest BCUT2D eigenvalue weighted by molar-refractivity contribution is -0.174. The van der Waals surface area contributed by atoms with E-state index in [1.165, 1.54) is 12.4 Å². The molecule has 0 unspecified atom stereocenters. The number of hydrogen-bond donors (Lipinski definition) is 2. The quantitative estimate of drug-likeness (QED) is 0.759. The highest BCUT2D eigenvalue weighted by Gasteiger charge is 2.27. The van der Waals surface area contributed by atoms with Crippen molar-refractivity contribution in [2.75, 3.05) is 18.5 Å². The number of aromatic nitrogens is 2. The smallest absolute Gasteiger partial charge is 0.372 e. The topological polar surface area (TPSA) is 67.0 Å². The van der Waals surface area contributed by atoms with Crippen LogP contribution in [0.3, 0.4) is 0 Å². The third kappa shape index (κ3) is 5.35. The number of nitrogens with zero attached hydrogens (tertiary/aromatic N) is 1. The summed E-state index contributed by atoms with van der Waals surface area (Å²) in [4.78, 5) is 17.4. The van der Waals surface area contributed by atoms with Gasteiger partial charge in [0.25, 0.3) is 0 Å². The van der Waals surface area contributed by atoms with Crippen LogP contribution in [0, 0.1) is 0 Å². The summed E-state index contributed by atoms with van der Waals surface area (Å²) in [5.41, 5.74) is 0. The first-order chi connectivity index (χ1) is 7.47. The Kier molecular flexibility index (Phi) is 4.29. The molecule has 0 radical (unpaired) electrons. The second kappa shape index (κ2) is 5.50.